The fraction of sp³-hybridized carbons (Fsp3) is 0.0492. The molecule has 0 aliphatic heterocycles. The molecule has 296 valence electrons. The highest BCUT2D eigenvalue weighted by Gasteiger charge is 2.37. The zero-order valence-electron chi connectivity index (χ0n) is 35.2. The van der Waals surface area contributed by atoms with Crippen molar-refractivity contribution in [3.63, 3.8) is 0 Å². The zero-order chi connectivity index (χ0) is 42.1. The van der Waals surface area contributed by atoms with E-state index in [2.05, 4.69) is 214 Å². The standard InChI is InChI=1S/C61H42N2/c1-61(2)56-37-44(30-31-53(56)55-32-29-41-17-9-10-20-46(41)59(55)61)45-33-34-51(48-22-12-11-21-47(45)48)52-35-36-54(50-24-14-13-23-49(50)52)58-38-57(62-60(63-58)43-18-7-4-8-19-43)42-27-25-40(26-28-42)39-15-5-3-6-16-39/h3-38H,1-2H3. The summed E-state index contributed by atoms with van der Waals surface area (Å²) in [7, 11) is 0. The first-order chi connectivity index (χ1) is 31.0. The van der Waals surface area contributed by atoms with E-state index in [9.17, 15) is 0 Å². The van der Waals surface area contributed by atoms with Crippen LogP contribution in [0.25, 0.3) is 111 Å². The molecule has 1 heterocycles. The number of hydrogen-bond donors (Lipinski definition) is 0. The lowest BCUT2D eigenvalue weighted by molar-refractivity contribution is 0.666. The summed E-state index contributed by atoms with van der Waals surface area (Å²) in [6.07, 6.45) is 0. The van der Waals surface area contributed by atoms with Crippen molar-refractivity contribution in [3.8, 4) is 78.4 Å². The molecule has 0 bridgehead atoms. The first kappa shape index (κ1) is 36.9. The molecule has 0 N–H and O–H groups in total. The average molecular weight is 803 g/mol. The van der Waals surface area contributed by atoms with Crippen LogP contribution in [0.4, 0.5) is 0 Å². The van der Waals surface area contributed by atoms with Crippen LogP contribution in [0.3, 0.4) is 0 Å². The second-order valence-electron chi connectivity index (χ2n) is 17.3. The Hall–Kier alpha value is -7.94. The monoisotopic (exact) mass is 802 g/mol. The summed E-state index contributed by atoms with van der Waals surface area (Å²) < 4.78 is 0. The summed E-state index contributed by atoms with van der Waals surface area (Å²) in [4.78, 5) is 10.4. The van der Waals surface area contributed by atoms with E-state index in [1.807, 2.05) is 18.2 Å². The molecule has 0 amide bonds. The van der Waals surface area contributed by atoms with Crippen LogP contribution in [-0.2, 0) is 5.41 Å². The fourth-order valence-corrected chi connectivity index (χ4v) is 10.2. The molecule has 63 heavy (non-hydrogen) atoms. The molecule has 0 atom stereocenters. The first-order valence-corrected chi connectivity index (χ1v) is 21.8. The molecule has 2 nitrogen and oxygen atoms in total. The van der Waals surface area contributed by atoms with Crippen molar-refractivity contribution in [2.24, 2.45) is 0 Å². The Morgan fingerprint density at radius 3 is 1.44 bits per heavy atom. The Labute approximate surface area is 367 Å². The van der Waals surface area contributed by atoms with Gasteiger partial charge in [-0.15, -0.1) is 0 Å². The van der Waals surface area contributed by atoms with Crippen molar-refractivity contribution >= 4 is 32.3 Å². The summed E-state index contributed by atoms with van der Waals surface area (Å²) in [5.41, 5.74) is 17.5. The summed E-state index contributed by atoms with van der Waals surface area (Å²) in [6.45, 7) is 4.77. The number of benzene rings is 10. The van der Waals surface area contributed by atoms with Gasteiger partial charge in [-0.1, -0.05) is 220 Å². The average Bonchev–Trinajstić information content (AvgIpc) is 3.59. The van der Waals surface area contributed by atoms with Gasteiger partial charge in [0.25, 0.3) is 0 Å². The van der Waals surface area contributed by atoms with Crippen molar-refractivity contribution in [2.75, 3.05) is 0 Å². The topological polar surface area (TPSA) is 25.8 Å². The van der Waals surface area contributed by atoms with Crippen LogP contribution in [0.15, 0.2) is 218 Å². The van der Waals surface area contributed by atoms with E-state index in [1.165, 1.54) is 82.6 Å². The van der Waals surface area contributed by atoms with E-state index in [-0.39, 0.29) is 5.41 Å². The Morgan fingerprint density at radius 1 is 0.302 bits per heavy atom. The van der Waals surface area contributed by atoms with Crippen LogP contribution < -0.4 is 0 Å². The molecule has 1 aliphatic rings. The molecule has 2 heteroatoms. The normalized spacial score (nSPS) is 12.7. The highest BCUT2D eigenvalue weighted by molar-refractivity contribution is 6.12. The minimum Gasteiger partial charge on any atom is -0.228 e. The van der Waals surface area contributed by atoms with Crippen molar-refractivity contribution in [1.82, 2.24) is 9.97 Å². The van der Waals surface area contributed by atoms with Gasteiger partial charge in [0.05, 0.1) is 11.4 Å². The maximum Gasteiger partial charge on any atom is 0.160 e. The van der Waals surface area contributed by atoms with Crippen LogP contribution in [-0.4, -0.2) is 9.97 Å². The largest absolute Gasteiger partial charge is 0.228 e. The Morgan fingerprint density at radius 2 is 0.762 bits per heavy atom. The molecule has 0 saturated carbocycles. The van der Waals surface area contributed by atoms with Crippen LogP contribution in [0.2, 0.25) is 0 Å². The SMILES string of the molecule is CC1(C)c2cc(-c3ccc(-c4ccc(-c5cc(-c6ccc(-c7ccccc7)cc6)nc(-c6ccccc6)n5)c5ccccc45)c4ccccc34)ccc2-c2ccc3ccccc3c21. The zero-order valence-corrected chi connectivity index (χ0v) is 35.2. The minimum absolute atomic E-state index is 0.128. The van der Waals surface area contributed by atoms with Gasteiger partial charge >= 0.3 is 0 Å². The molecule has 10 aromatic carbocycles. The molecule has 0 radical (unpaired) electrons. The van der Waals surface area contributed by atoms with Crippen molar-refractivity contribution in [1.29, 1.82) is 0 Å². The number of hydrogen-bond acceptors (Lipinski definition) is 2. The number of fused-ring (bicyclic) bond motifs is 7. The summed E-state index contributed by atoms with van der Waals surface area (Å²) >= 11 is 0. The highest BCUT2D eigenvalue weighted by atomic mass is 14.9. The van der Waals surface area contributed by atoms with Gasteiger partial charge < -0.3 is 0 Å². The molecule has 1 aliphatic carbocycles. The fourth-order valence-electron chi connectivity index (χ4n) is 10.2. The Balaban J connectivity index is 0.969. The molecular formula is C61H42N2. The van der Waals surface area contributed by atoms with E-state index in [4.69, 9.17) is 9.97 Å². The van der Waals surface area contributed by atoms with Gasteiger partial charge in [0.2, 0.25) is 0 Å². The molecule has 12 rings (SSSR count). The molecule has 11 aromatic rings. The molecule has 1 aromatic heterocycles. The lowest BCUT2D eigenvalue weighted by Gasteiger charge is -2.24. The van der Waals surface area contributed by atoms with E-state index in [0.29, 0.717) is 5.82 Å². The number of nitrogens with zero attached hydrogens (tertiary/aromatic N) is 2. The quantitative estimate of drug-likeness (QED) is 0.167. The number of aromatic nitrogens is 2. The van der Waals surface area contributed by atoms with Gasteiger partial charge in [-0.05, 0) is 100 Å². The Bertz CT molecular complexity index is 3570. The molecule has 0 unspecified atom stereocenters. The third-order valence-electron chi connectivity index (χ3n) is 13.3. The van der Waals surface area contributed by atoms with Crippen LogP contribution in [0, 0.1) is 0 Å². The van der Waals surface area contributed by atoms with E-state index in [0.717, 1.165) is 33.5 Å². The molecule has 0 spiro atoms. The summed E-state index contributed by atoms with van der Waals surface area (Å²) in [5, 5.41) is 7.45. The summed E-state index contributed by atoms with van der Waals surface area (Å²) in [5.74, 6) is 0.706. The maximum absolute atomic E-state index is 5.26. The lowest BCUT2D eigenvalue weighted by atomic mass is 9.79. The Kier molecular flexibility index (Phi) is 8.55. The third-order valence-corrected chi connectivity index (χ3v) is 13.3. The predicted octanol–water partition coefficient (Wildman–Crippen LogP) is 16.2. The summed E-state index contributed by atoms with van der Waals surface area (Å²) in [6, 6.07) is 79.0. The van der Waals surface area contributed by atoms with Crippen molar-refractivity contribution < 1.29 is 0 Å². The minimum atomic E-state index is -0.128. The van der Waals surface area contributed by atoms with E-state index < -0.39 is 0 Å². The van der Waals surface area contributed by atoms with E-state index in [1.54, 1.807) is 0 Å². The van der Waals surface area contributed by atoms with Gasteiger partial charge in [-0.25, -0.2) is 9.97 Å². The molecular weight excluding hydrogens is 761 g/mol. The molecule has 0 fully saturated rings. The smallest absolute Gasteiger partial charge is 0.160 e. The second kappa shape index (κ2) is 14.6. The maximum atomic E-state index is 5.26. The van der Waals surface area contributed by atoms with E-state index >= 15 is 0 Å². The van der Waals surface area contributed by atoms with Gasteiger partial charge in [-0.2, -0.15) is 0 Å². The highest BCUT2D eigenvalue weighted by Crippen LogP contribution is 2.52. The van der Waals surface area contributed by atoms with Crippen molar-refractivity contribution in [3.05, 3.63) is 230 Å². The van der Waals surface area contributed by atoms with Gasteiger partial charge in [-0.3, -0.25) is 0 Å². The molecule has 0 saturated heterocycles. The third kappa shape index (κ3) is 6.09. The van der Waals surface area contributed by atoms with Crippen molar-refractivity contribution in [2.45, 2.75) is 19.3 Å². The predicted molar refractivity (Wildman–Crippen MR) is 265 cm³/mol. The van der Waals surface area contributed by atoms with Gasteiger partial charge in [0, 0.05) is 22.1 Å². The second-order valence-corrected chi connectivity index (χ2v) is 17.3. The van der Waals surface area contributed by atoms with Crippen LogP contribution in [0.1, 0.15) is 25.0 Å². The number of rotatable bonds is 6. The van der Waals surface area contributed by atoms with Gasteiger partial charge in [0.15, 0.2) is 5.82 Å². The van der Waals surface area contributed by atoms with Gasteiger partial charge in [0.1, 0.15) is 0 Å². The first-order valence-electron chi connectivity index (χ1n) is 21.8. The van der Waals surface area contributed by atoms with Crippen LogP contribution in [0.5, 0.6) is 0 Å². The van der Waals surface area contributed by atoms with Crippen LogP contribution >= 0.6 is 0 Å². The lowest BCUT2D eigenvalue weighted by Crippen LogP contribution is -2.15.